The van der Waals surface area contributed by atoms with Crippen molar-refractivity contribution >= 4 is 0 Å². The van der Waals surface area contributed by atoms with Crippen molar-refractivity contribution in [2.75, 3.05) is 0 Å². The standard InChI is InChI=1S/C16H19FN2O2/c1-11(2)6-7-18-8-9-19(16(21)15(18)20)13-5-4-12(3)14(17)10-13/h4-5,8-11H,6-7H2,1-3H3. The molecule has 0 radical (unpaired) electrons. The molecule has 0 amide bonds. The summed E-state index contributed by atoms with van der Waals surface area (Å²) in [4.78, 5) is 24.2. The molecule has 0 saturated heterocycles. The van der Waals surface area contributed by atoms with Crippen LogP contribution in [0.2, 0.25) is 0 Å². The van der Waals surface area contributed by atoms with E-state index in [1.165, 1.54) is 21.4 Å². The summed E-state index contributed by atoms with van der Waals surface area (Å²) >= 11 is 0. The normalized spacial score (nSPS) is 11.1. The summed E-state index contributed by atoms with van der Waals surface area (Å²) in [7, 11) is 0. The largest absolute Gasteiger partial charge is 0.320 e. The molecule has 1 aromatic carbocycles. The smallest absolute Gasteiger partial charge is 0.309 e. The van der Waals surface area contributed by atoms with Crippen LogP contribution in [0.5, 0.6) is 0 Å². The summed E-state index contributed by atoms with van der Waals surface area (Å²) in [6.45, 7) is 6.27. The number of nitrogens with zero attached hydrogens (tertiary/aromatic N) is 2. The summed E-state index contributed by atoms with van der Waals surface area (Å²) in [5.41, 5.74) is -0.392. The van der Waals surface area contributed by atoms with E-state index in [1.807, 2.05) is 0 Å². The van der Waals surface area contributed by atoms with Crippen molar-refractivity contribution in [3.63, 3.8) is 0 Å². The number of halogens is 1. The van der Waals surface area contributed by atoms with E-state index in [0.717, 1.165) is 6.42 Å². The molecular weight excluding hydrogens is 271 g/mol. The topological polar surface area (TPSA) is 44.0 Å². The molecule has 4 nitrogen and oxygen atoms in total. The maximum Gasteiger partial charge on any atom is 0.320 e. The van der Waals surface area contributed by atoms with Crippen molar-refractivity contribution in [3.05, 3.63) is 62.7 Å². The van der Waals surface area contributed by atoms with Crippen molar-refractivity contribution in [3.8, 4) is 5.69 Å². The number of aromatic nitrogens is 2. The summed E-state index contributed by atoms with van der Waals surface area (Å²) < 4.78 is 16.2. The van der Waals surface area contributed by atoms with Crippen molar-refractivity contribution in [2.45, 2.75) is 33.7 Å². The van der Waals surface area contributed by atoms with Gasteiger partial charge < -0.3 is 4.57 Å². The fourth-order valence-corrected chi connectivity index (χ4v) is 2.02. The minimum atomic E-state index is -0.662. The van der Waals surface area contributed by atoms with E-state index >= 15 is 0 Å². The van der Waals surface area contributed by atoms with Gasteiger partial charge in [-0.3, -0.25) is 14.2 Å². The van der Waals surface area contributed by atoms with Crippen LogP contribution in [0.1, 0.15) is 25.8 Å². The molecule has 0 aliphatic carbocycles. The molecular formula is C16H19FN2O2. The summed E-state index contributed by atoms with van der Waals surface area (Å²) in [5, 5.41) is 0. The molecule has 2 aromatic rings. The maximum absolute atomic E-state index is 13.6. The second-order valence-electron chi connectivity index (χ2n) is 5.59. The lowest BCUT2D eigenvalue weighted by Crippen LogP contribution is -2.40. The van der Waals surface area contributed by atoms with Crippen molar-refractivity contribution in [1.29, 1.82) is 0 Å². The van der Waals surface area contributed by atoms with Crippen LogP contribution in [0, 0.1) is 18.7 Å². The Morgan fingerprint density at radius 2 is 1.86 bits per heavy atom. The molecule has 0 spiro atoms. The Hall–Kier alpha value is -2.17. The molecule has 1 aromatic heterocycles. The molecule has 0 aliphatic heterocycles. The van der Waals surface area contributed by atoms with Gasteiger partial charge in [0.1, 0.15) is 5.82 Å². The highest BCUT2D eigenvalue weighted by molar-refractivity contribution is 5.35. The number of rotatable bonds is 4. The molecule has 0 N–H and O–H groups in total. The Bertz CT molecular complexity index is 760. The van der Waals surface area contributed by atoms with Gasteiger partial charge >= 0.3 is 11.1 Å². The van der Waals surface area contributed by atoms with E-state index in [9.17, 15) is 14.0 Å². The summed E-state index contributed by atoms with van der Waals surface area (Å²) in [6, 6.07) is 4.47. The fraction of sp³-hybridized carbons (Fsp3) is 0.375. The van der Waals surface area contributed by atoms with Gasteiger partial charge in [0, 0.05) is 18.9 Å². The van der Waals surface area contributed by atoms with Crippen LogP contribution < -0.4 is 11.1 Å². The molecule has 0 fully saturated rings. The molecule has 112 valence electrons. The van der Waals surface area contributed by atoms with Gasteiger partial charge in [0.05, 0.1) is 5.69 Å². The average molecular weight is 290 g/mol. The van der Waals surface area contributed by atoms with Gasteiger partial charge in [-0.2, -0.15) is 0 Å². The van der Waals surface area contributed by atoms with Crippen LogP contribution in [0.3, 0.4) is 0 Å². The van der Waals surface area contributed by atoms with Gasteiger partial charge in [-0.1, -0.05) is 19.9 Å². The third kappa shape index (κ3) is 3.29. The SMILES string of the molecule is Cc1ccc(-n2ccn(CCC(C)C)c(=O)c2=O)cc1F. The van der Waals surface area contributed by atoms with Gasteiger partial charge in [-0.05, 0) is 37.0 Å². The Balaban J connectivity index is 2.43. The third-order valence-electron chi connectivity index (χ3n) is 3.44. The zero-order valence-corrected chi connectivity index (χ0v) is 12.5. The van der Waals surface area contributed by atoms with E-state index < -0.39 is 16.9 Å². The highest BCUT2D eigenvalue weighted by atomic mass is 19.1. The first-order valence-corrected chi connectivity index (χ1v) is 6.98. The van der Waals surface area contributed by atoms with Gasteiger partial charge in [-0.25, -0.2) is 4.39 Å². The Morgan fingerprint density at radius 3 is 2.48 bits per heavy atom. The lowest BCUT2D eigenvalue weighted by atomic mass is 10.1. The zero-order chi connectivity index (χ0) is 15.6. The number of aryl methyl sites for hydroxylation is 2. The highest BCUT2D eigenvalue weighted by Gasteiger charge is 2.08. The molecule has 5 heteroatoms. The van der Waals surface area contributed by atoms with E-state index in [0.29, 0.717) is 23.7 Å². The second-order valence-corrected chi connectivity index (χ2v) is 5.59. The van der Waals surface area contributed by atoms with Crippen LogP contribution in [0.25, 0.3) is 5.69 Å². The van der Waals surface area contributed by atoms with E-state index in [2.05, 4.69) is 13.8 Å². The van der Waals surface area contributed by atoms with Crippen LogP contribution >= 0.6 is 0 Å². The van der Waals surface area contributed by atoms with Gasteiger partial charge in [0.25, 0.3) is 0 Å². The third-order valence-corrected chi connectivity index (χ3v) is 3.44. The average Bonchev–Trinajstić information content (AvgIpc) is 2.43. The minimum absolute atomic E-state index is 0.358. The Labute approximate surface area is 122 Å². The monoisotopic (exact) mass is 290 g/mol. The molecule has 0 unspecified atom stereocenters. The quantitative estimate of drug-likeness (QED) is 0.812. The van der Waals surface area contributed by atoms with Crippen LogP contribution in [-0.2, 0) is 6.54 Å². The fourth-order valence-electron chi connectivity index (χ4n) is 2.02. The summed E-state index contributed by atoms with van der Waals surface area (Å²) in [5.74, 6) is 0.0499. The lowest BCUT2D eigenvalue weighted by Gasteiger charge is -2.10. The zero-order valence-electron chi connectivity index (χ0n) is 12.5. The number of hydrogen-bond donors (Lipinski definition) is 0. The maximum atomic E-state index is 13.6. The van der Waals surface area contributed by atoms with E-state index in [4.69, 9.17) is 0 Å². The number of benzene rings is 1. The van der Waals surface area contributed by atoms with Crippen molar-refractivity contribution in [1.82, 2.24) is 9.13 Å². The predicted molar refractivity (Wildman–Crippen MR) is 80.4 cm³/mol. The van der Waals surface area contributed by atoms with Crippen LogP contribution in [0.4, 0.5) is 4.39 Å². The molecule has 2 rings (SSSR count). The van der Waals surface area contributed by atoms with Crippen LogP contribution in [0.15, 0.2) is 40.2 Å². The number of hydrogen-bond acceptors (Lipinski definition) is 2. The first-order valence-electron chi connectivity index (χ1n) is 6.98. The first-order chi connectivity index (χ1) is 9.90. The highest BCUT2D eigenvalue weighted by Crippen LogP contribution is 2.11. The van der Waals surface area contributed by atoms with Crippen molar-refractivity contribution in [2.24, 2.45) is 5.92 Å². The molecule has 1 heterocycles. The second kappa shape index (κ2) is 6.08. The minimum Gasteiger partial charge on any atom is -0.309 e. The van der Waals surface area contributed by atoms with Gasteiger partial charge in [0.15, 0.2) is 0 Å². The lowest BCUT2D eigenvalue weighted by molar-refractivity contribution is 0.503. The Morgan fingerprint density at radius 1 is 1.14 bits per heavy atom. The molecule has 0 atom stereocenters. The van der Waals surface area contributed by atoms with Crippen molar-refractivity contribution < 1.29 is 4.39 Å². The predicted octanol–water partition coefficient (Wildman–Crippen LogP) is 2.49. The molecule has 0 bridgehead atoms. The summed E-state index contributed by atoms with van der Waals surface area (Å²) in [6.07, 6.45) is 3.90. The van der Waals surface area contributed by atoms with E-state index in [1.54, 1.807) is 25.3 Å². The van der Waals surface area contributed by atoms with Gasteiger partial charge in [-0.15, -0.1) is 0 Å². The molecule has 21 heavy (non-hydrogen) atoms. The van der Waals surface area contributed by atoms with Gasteiger partial charge in [0.2, 0.25) is 0 Å². The Kier molecular flexibility index (Phi) is 4.40. The first kappa shape index (κ1) is 15.2. The van der Waals surface area contributed by atoms with Crippen LogP contribution in [-0.4, -0.2) is 9.13 Å². The molecule has 0 aliphatic rings. The van der Waals surface area contributed by atoms with E-state index in [-0.39, 0.29) is 0 Å². The molecule has 0 saturated carbocycles.